The van der Waals surface area contributed by atoms with Gasteiger partial charge in [-0.05, 0) is 28.8 Å². The number of methoxy groups -OCH3 is 2. The number of allylic oxidation sites excluding steroid dienone is 2. The highest BCUT2D eigenvalue weighted by Crippen LogP contribution is 2.54. The van der Waals surface area contributed by atoms with Crippen molar-refractivity contribution in [2.75, 3.05) is 27.3 Å². The van der Waals surface area contributed by atoms with Crippen molar-refractivity contribution in [3.8, 4) is 29.7 Å². The molecule has 1 heterocycles. The maximum atomic E-state index is 13.0. The van der Waals surface area contributed by atoms with Crippen molar-refractivity contribution < 1.29 is 19.0 Å². The van der Waals surface area contributed by atoms with E-state index in [0.29, 0.717) is 22.6 Å². The summed E-state index contributed by atoms with van der Waals surface area (Å²) < 4.78 is 16.3. The first kappa shape index (κ1) is 25.2. The molecule has 1 aliphatic carbocycles. The summed E-state index contributed by atoms with van der Waals surface area (Å²) in [6.07, 6.45) is 1.21. The van der Waals surface area contributed by atoms with E-state index < -0.39 is 23.3 Å². The summed E-state index contributed by atoms with van der Waals surface area (Å²) in [5, 5.41) is 30.5. The van der Waals surface area contributed by atoms with E-state index in [1.807, 2.05) is 30.3 Å². The number of benzene rings is 2. The van der Waals surface area contributed by atoms with Crippen LogP contribution in [0.5, 0.6) is 11.5 Å². The first-order valence-electron chi connectivity index (χ1n) is 11.5. The van der Waals surface area contributed by atoms with Gasteiger partial charge in [-0.3, -0.25) is 0 Å². The smallest absolute Gasteiger partial charge is 0.410 e. The topological polar surface area (TPSA) is 145 Å². The lowest BCUT2D eigenvalue weighted by Gasteiger charge is -2.45. The molecule has 0 aromatic heterocycles. The fraction of sp³-hybridized carbons (Fsp3) is 0.286. The second kappa shape index (κ2) is 10.4. The average molecular weight is 496 g/mol. The zero-order valence-corrected chi connectivity index (χ0v) is 20.5. The molecule has 0 radical (unpaired) electrons. The number of hydrogen-bond donors (Lipinski definition) is 1. The molecule has 186 valence electrons. The Labute approximate surface area is 215 Å². The van der Waals surface area contributed by atoms with E-state index in [4.69, 9.17) is 19.9 Å². The highest BCUT2D eigenvalue weighted by atomic mass is 16.6. The second-order valence-electron chi connectivity index (χ2n) is 8.74. The molecular weight excluding hydrogens is 470 g/mol. The van der Waals surface area contributed by atoms with Crippen LogP contribution in [0.25, 0.3) is 0 Å². The van der Waals surface area contributed by atoms with Crippen LogP contribution in [0.1, 0.15) is 17.0 Å². The predicted octanol–water partition coefficient (Wildman–Crippen LogP) is 3.77. The van der Waals surface area contributed by atoms with E-state index in [-0.39, 0.29) is 31.0 Å². The molecule has 2 atom stereocenters. The molecule has 0 unspecified atom stereocenters. The lowest BCUT2D eigenvalue weighted by Crippen LogP contribution is -2.49. The van der Waals surface area contributed by atoms with Crippen molar-refractivity contribution in [3.05, 3.63) is 82.6 Å². The molecule has 0 fully saturated rings. The largest absolute Gasteiger partial charge is 0.493 e. The summed E-state index contributed by atoms with van der Waals surface area (Å²) in [6, 6.07) is 20.7. The van der Waals surface area contributed by atoms with Gasteiger partial charge in [0.15, 0.2) is 16.9 Å². The number of carbonyl (C=O) groups excluding carboxylic acids is 1. The minimum absolute atomic E-state index is 0.0950. The summed E-state index contributed by atoms with van der Waals surface area (Å²) in [4.78, 5) is 14.5. The number of hydrogen-bond acceptors (Lipinski definition) is 8. The van der Waals surface area contributed by atoms with Crippen LogP contribution in [-0.4, -0.2) is 38.3 Å². The molecule has 1 aliphatic heterocycles. The number of rotatable bonds is 5. The summed E-state index contributed by atoms with van der Waals surface area (Å²) in [7, 11) is 3.00. The van der Waals surface area contributed by atoms with E-state index >= 15 is 0 Å². The molecule has 4 rings (SSSR count). The molecule has 2 aromatic carbocycles. The van der Waals surface area contributed by atoms with Crippen molar-refractivity contribution in [1.82, 2.24) is 4.90 Å². The van der Waals surface area contributed by atoms with Crippen LogP contribution in [0, 0.1) is 45.3 Å². The SMILES string of the molecule is COc1ccc([C@H]2[C@@H]3CN(C(=O)OCc4ccccc4)CC=C3C(C#N)=C(N)C2(C#N)C#N)cc1OC. The summed E-state index contributed by atoms with van der Waals surface area (Å²) in [5.74, 6) is -0.472. The zero-order valence-electron chi connectivity index (χ0n) is 20.5. The van der Waals surface area contributed by atoms with Crippen LogP contribution in [0.2, 0.25) is 0 Å². The summed E-state index contributed by atoms with van der Waals surface area (Å²) >= 11 is 0. The van der Waals surface area contributed by atoms with Gasteiger partial charge in [0.25, 0.3) is 0 Å². The molecule has 9 nitrogen and oxygen atoms in total. The van der Waals surface area contributed by atoms with Crippen LogP contribution < -0.4 is 15.2 Å². The molecule has 37 heavy (non-hydrogen) atoms. The minimum atomic E-state index is -1.84. The standard InChI is InChI=1S/C28H25N5O4/c1-35-23-9-8-19(12-24(23)36-2)25-22-14-33(27(34)37-15-18-6-4-3-5-7-18)11-10-20(22)21(13-29)26(32)28(25,16-30)17-31/h3-10,12,22,25H,11,14-15,32H2,1-2H3/t22-,25+/m1/s1. The Kier molecular flexibility index (Phi) is 7.04. The molecule has 2 N–H and O–H groups in total. The van der Waals surface area contributed by atoms with Gasteiger partial charge in [-0.1, -0.05) is 42.5 Å². The normalized spacial score (nSPS) is 19.9. The van der Waals surface area contributed by atoms with E-state index in [0.717, 1.165) is 5.56 Å². The Bertz CT molecular complexity index is 1380. The maximum absolute atomic E-state index is 13.0. The number of ether oxygens (including phenoxy) is 3. The van der Waals surface area contributed by atoms with Gasteiger partial charge in [-0.25, -0.2) is 4.79 Å². The summed E-state index contributed by atoms with van der Waals surface area (Å²) in [5.41, 5.74) is 6.57. The first-order chi connectivity index (χ1) is 17.9. The van der Waals surface area contributed by atoms with Gasteiger partial charge >= 0.3 is 6.09 Å². The first-order valence-corrected chi connectivity index (χ1v) is 11.5. The lowest BCUT2D eigenvalue weighted by molar-refractivity contribution is 0.0898. The molecule has 0 spiro atoms. The van der Waals surface area contributed by atoms with Crippen LogP contribution in [-0.2, 0) is 11.3 Å². The number of nitriles is 3. The van der Waals surface area contributed by atoms with Gasteiger partial charge in [0.2, 0.25) is 0 Å². The van der Waals surface area contributed by atoms with Gasteiger partial charge < -0.3 is 24.8 Å². The molecule has 0 saturated carbocycles. The molecule has 0 saturated heterocycles. The van der Waals surface area contributed by atoms with Gasteiger partial charge in [0.05, 0.1) is 37.6 Å². The highest BCUT2D eigenvalue weighted by molar-refractivity contribution is 5.69. The third kappa shape index (κ3) is 4.30. The molecule has 2 aromatic rings. The Morgan fingerprint density at radius 1 is 1.08 bits per heavy atom. The third-order valence-corrected chi connectivity index (χ3v) is 6.89. The van der Waals surface area contributed by atoms with Gasteiger partial charge in [0.1, 0.15) is 12.7 Å². The molecule has 2 aliphatic rings. The molecule has 0 bridgehead atoms. The number of fused-ring (bicyclic) bond motifs is 1. The van der Waals surface area contributed by atoms with E-state index in [1.54, 1.807) is 24.3 Å². The number of nitrogens with zero attached hydrogens (tertiary/aromatic N) is 4. The highest BCUT2D eigenvalue weighted by Gasteiger charge is 2.55. The second-order valence-corrected chi connectivity index (χ2v) is 8.74. The van der Waals surface area contributed by atoms with Crippen molar-refractivity contribution in [2.45, 2.75) is 12.5 Å². The number of amides is 1. The van der Waals surface area contributed by atoms with E-state index in [2.05, 4.69) is 18.2 Å². The quantitative estimate of drug-likeness (QED) is 0.660. The van der Waals surface area contributed by atoms with Crippen molar-refractivity contribution in [2.24, 2.45) is 17.1 Å². The number of carbonyl (C=O) groups is 1. The van der Waals surface area contributed by atoms with Crippen LogP contribution in [0.4, 0.5) is 4.79 Å². The van der Waals surface area contributed by atoms with Crippen LogP contribution in [0.15, 0.2) is 71.5 Å². The van der Waals surface area contributed by atoms with Crippen molar-refractivity contribution >= 4 is 6.09 Å². The van der Waals surface area contributed by atoms with Crippen molar-refractivity contribution in [3.63, 3.8) is 0 Å². The Morgan fingerprint density at radius 2 is 1.78 bits per heavy atom. The third-order valence-electron chi connectivity index (χ3n) is 6.89. The molecular formula is C28H25N5O4. The zero-order chi connectivity index (χ0) is 26.6. The fourth-order valence-electron chi connectivity index (χ4n) is 5.06. The Balaban J connectivity index is 1.77. The molecule has 1 amide bonds. The van der Waals surface area contributed by atoms with Crippen LogP contribution in [0.3, 0.4) is 0 Å². The van der Waals surface area contributed by atoms with Crippen LogP contribution >= 0.6 is 0 Å². The Hall–Kier alpha value is -4.94. The van der Waals surface area contributed by atoms with Crippen molar-refractivity contribution in [1.29, 1.82) is 15.8 Å². The van der Waals surface area contributed by atoms with E-state index in [1.165, 1.54) is 19.1 Å². The fourth-order valence-corrected chi connectivity index (χ4v) is 5.06. The van der Waals surface area contributed by atoms with Gasteiger partial charge in [0, 0.05) is 24.9 Å². The predicted molar refractivity (Wildman–Crippen MR) is 133 cm³/mol. The van der Waals surface area contributed by atoms with Gasteiger partial charge in [-0.15, -0.1) is 0 Å². The Morgan fingerprint density at radius 3 is 2.41 bits per heavy atom. The molecule has 9 heteroatoms. The number of nitrogens with two attached hydrogens (primary N) is 1. The average Bonchev–Trinajstić information content (AvgIpc) is 2.95. The lowest BCUT2D eigenvalue weighted by atomic mass is 9.58. The van der Waals surface area contributed by atoms with E-state index in [9.17, 15) is 20.6 Å². The maximum Gasteiger partial charge on any atom is 0.410 e. The summed E-state index contributed by atoms with van der Waals surface area (Å²) in [6.45, 7) is 0.428. The minimum Gasteiger partial charge on any atom is -0.493 e. The van der Waals surface area contributed by atoms with Gasteiger partial charge in [-0.2, -0.15) is 15.8 Å². The monoisotopic (exact) mass is 495 g/mol.